The molecule has 7 heteroatoms. The highest BCUT2D eigenvalue weighted by atomic mass is 32.1. The van der Waals surface area contributed by atoms with Crippen LogP contribution in [0.15, 0.2) is 60.0 Å². The van der Waals surface area contributed by atoms with E-state index in [1.165, 1.54) is 0 Å². The van der Waals surface area contributed by atoms with Gasteiger partial charge in [0.15, 0.2) is 5.13 Å². The molecule has 1 aromatic heterocycles. The average Bonchev–Trinajstić information content (AvgIpc) is 3.24. The summed E-state index contributed by atoms with van der Waals surface area (Å²) in [6, 6.07) is 17.5. The average molecular weight is 424 g/mol. The van der Waals surface area contributed by atoms with E-state index in [-0.39, 0.29) is 18.9 Å². The van der Waals surface area contributed by atoms with Gasteiger partial charge in [0.25, 0.3) is 5.91 Å². The Labute approximate surface area is 180 Å². The van der Waals surface area contributed by atoms with Gasteiger partial charge in [-0.2, -0.15) is 0 Å². The molecular formula is C23H25N3O3S. The van der Waals surface area contributed by atoms with E-state index in [2.05, 4.69) is 34.7 Å². The predicted molar refractivity (Wildman–Crippen MR) is 120 cm³/mol. The molecule has 3 rings (SSSR count). The van der Waals surface area contributed by atoms with Crippen LogP contribution in [0.3, 0.4) is 0 Å². The summed E-state index contributed by atoms with van der Waals surface area (Å²) in [5.41, 5.74) is 3.69. The van der Waals surface area contributed by atoms with E-state index >= 15 is 0 Å². The lowest BCUT2D eigenvalue weighted by molar-refractivity contribution is -0.136. The number of amides is 1. The Kier molecular flexibility index (Phi) is 7.57. The monoisotopic (exact) mass is 423 g/mol. The predicted octanol–water partition coefficient (Wildman–Crippen LogP) is 4.43. The van der Waals surface area contributed by atoms with Crippen LogP contribution >= 0.6 is 11.3 Å². The molecule has 3 aromatic rings. The number of carbonyl (C=O) groups is 2. The fourth-order valence-corrected chi connectivity index (χ4v) is 3.89. The minimum Gasteiger partial charge on any atom is -0.481 e. The zero-order valence-corrected chi connectivity index (χ0v) is 17.7. The van der Waals surface area contributed by atoms with Crippen molar-refractivity contribution in [3.8, 4) is 11.3 Å². The van der Waals surface area contributed by atoms with E-state index in [1.54, 1.807) is 23.5 Å². The summed E-state index contributed by atoms with van der Waals surface area (Å²) < 4.78 is 0. The number of aliphatic carboxylic acids is 1. The van der Waals surface area contributed by atoms with E-state index < -0.39 is 5.97 Å². The maximum Gasteiger partial charge on any atom is 0.305 e. The van der Waals surface area contributed by atoms with E-state index in [1.807, 2.05) is 30.3 Å². The Balaban J connectivity index is 1.66. The molecule has 6 nitrogen and oxygen atoms in total. The van der Waals surface area contributed by atoms with Gasteiger partial charge in [-0.25, -0.2) is 4.98 Å². The summed E-state index contributed by atoms with van der Waals surface area (Å²) >= 11 is 1.63. The number of aromatic nitrogens is 1. The molecule has 0 spiro atoms. The van der Waals surface area contributed by atoms with Crippen molar-refractivity contribution in [3.05, 3.63) is 71.1 Å². The fraction of sp³-hybridized carbons (Fsp3) is 0.261. The van der Waals surface area contributed by atoms with Crippen LogP contribution in [0, 0.1) is 0 Å². The zero-order chi connectivity index (χ0) is 21.3. The van der Waals surface area contributed by atoms with Crippen molar-refractivity contribution in [1.82, 2.24) is 10.3 Å². The Morgan fingerprint density at radius 2 is 1.83 bits per heavy atom. The van der Waals surface area contributed by atoms with Gasteiger partial charge in [0.2, 0.25) is 0 Å². The summed E-state index contributed by atoms with van der Waals surface area (Å²) in [7, 11) is 0. The smallest absolute Gasteiger partial charge is 0.305 e. The first-order valence-corrected chi connectivity index (χ1v) is 10.8. The van der Waals surface area contributed by atoms with E-state index in [9.17, 15) is 9.59 Å². The molecule has 0 fully saturated rings. The van der Waals surface area contributed by atoms with Gasteiger partial charge in [-0.3, -0.25) is 9.59 Å². The van der Waals surface area contributed by atoms with Crippen LogP contribution in [0.2, 0.25) is 0 Å². The molecule has 30 heavy (non-hydrogen) atoms. The van der Waals surface area contributed by atoms with E-state index in [0.717, 1.165) is 34.9 Å². The number of carboxylic acids is 1. The van der Waals surface area contributed by atoms with Crippen LogP contribution in [-0.2, 0) is 11.3 Å². The second-order valence-corrected chi connectivity index (χ2v) is 7.74. The third kappa shape index (κ3) is 5.90. The highest BCUT2D eigenvalue weighted by molar-refractivity contribution is 7.14. The van der Waals surface area contributed by atoms with Crippen molar-refractivity contribution >= 4 is 28.3 Å². The Morgan fingerprint density at radius 1 is 1.10 bits per heavy atom. The topological polar surface area (TPSA) is 82.5 Å². The highest BCUT2D eigenvalue weighted by Crippen LogP contribution is 2.28. The lowest BCUT2D eigenvalue weighted by Crippen LogP contribution is -2.26. The minimum absolute atomic E-state index is 0.0887. The highest BCUT2D eigenvalue weighted by Gasteiger charge is 2.13. The Hall–Kier alpha value is -3.19. The fourth-order valence-electron chi connectivity index (χ4n) is 3.03. The maximum atomic E-state index is 12.1. The number of nitrogens with zero attached hydrogens (tertiary/aromatic N) is 2. The molecule has 2 aromatic carbocycles. The van der Waals surface area contributed by atoms with Crippen LogP contribution in [0.4, 0.5) is 5.13 Å². The van der Waals surface area contributed by atoms with Crippen LogP contribution in [0.25, 0.3) is 11.3 Å². The number of hydrogen-bond acceptors (Lipinski definition) is 5. The standard InChI is InChI=1S/C23H25N3O3S/c1-2-14-26(23-25-20(16-30-23)18-6-4-3-5-7-18)15-17-8-10-19(11-9-17)22(29)24-13-12-21(27)28/h3-11,16H,2,12-15H2,1H3,(H,24,29)(H,27,28). The van der Waals surface area contributed by atoms with Crippen LogP contribution in [-0.4, -0.2) is 35.1 Å². The number of anilines is 1. The van der Waals surface area contributed by atoms with Gasteiger partial charge in [0, 0.05) is 36.1 Å². The third-order valence-corrected chi connectivity index (χ3v) is 5.44. The summed E-state index contributed by atoms with van der Waals surface area (Å²) in [4.78, 5) is 29.7. The molecule has 0 aliphatic rings. The molecule has 1 heterocycles. The van der Waals surface area contributed by atoms with E-state index in [0.29, 0.717) is 12.1 Å². The second kappa shape index (κ2) is 10.5. The first-order valence-electron chi connectivity index (χ1n) is 9.91. The molecule has 0 saturated carbocycles. The first kappa shape index (κ1) is 21.5. The van der Waals surface area contributed by atoms with Crippen molar-refractivity contribution < 1.29 is 14.7 Å². The molecule has 0 aliphatic carbocycles. The number of hydrogen-bond donors (Lipinski definition) is 2. The van der Waals surface area contributed by atoms with Crippen molar-refractivity contribution in [2.24, 2.45) is 0 Å². The zero-order valence-electron chi connectivity index (χ0n) is 16.9. The molecule has 0 saturated heterocycles. The van der Waals surface area contributed by atoms with Gasteiger partial charge >= 0.3 is 5.97 Å². The number of benzene rings is 2. The lowest BCUT2D eigenvalue weighted by atomic mass is 10.1. The van der Waals surface area contributed by atoms with Crippen molar-refractivity contribution in [2.75, 3.05) is 18.0 Å². The minimum atomic E-state index is -0.931. The first-order chi connectivity index (χ1) is 14.6. The Bertz CT molecular complexity index is 971. The summed E-state index contributed by atoms with van der Waals surface area (Å²) in [6.45, 7) is 3.85. The molecule has 0 bridgehead atoms. The number of nitrogens with one attached hydrogen (secondary N) is 1. The van der Waals surface area contributed by atoms with Gasteiger partial charge < -0.3 is 15.3 Å². The van der Waals surface area contributed by atoms with Gasteiger partial charge in [0.1, 0.15) is 0 Å². The van der Waals surface area contributed by atoms with Crippen molar-refractivity contribution in [2.45, 2.75) is 26.3 Å². The molecule has 156 valence electrons. The number of rotatable bonds is 10. The van der Waals surface area contributed by atoms with Gasteiger partial charge in [0.05, 0.1) is 12.1 Å². The van der Waals surface area contributed by atoms with Gasteiger partial charge in [-0.05, 0) is 24.1 Å². The number of carboxylic acid groups (broad SMARTS) is 1. The maximum absolute atomic E-state index is 12.1. The summed E-state index contributed by atoms with van der Waals surface area (Å²) in [5, 5.41) is 14.3. The third-order valence-electron chi connectivity index (χ3n) is 4.54. The van der Waals surface area contributed by atoms with Gasteiger partial charge in [-0.1, -0.05) is 49.4 Å². The molecule has 0 unspecified atom stereocenters. The lowest BCUT2D eigenvalue weighted by Gasteiger charge is -2.21. The largest absolute Gasteiger partial charge is 0.481 e. The van der Waals surface area contributed by atoms with Crippen molar-refractivity contribution in [3.63, 3.8) is 0 Å². The van der Waals surface area contributed by atoms with Crippen LogP contribution in [0.1, 0.15) is 35.7 Å². The van der Waals surface area contributed by atoms with E-state index in [4.69, 9.17) is 10.1 Å². The molecule has 2 N–H and O–H groups in total. The quantitative estimate of drug-likeness (QED) is 0.504. The number of thiazole rings is 1. The van der Waals surface area contributed by atoms with Crippen LogP contribution < -0.4 is 10.2 Å². The molecule has 1 amide bonds. The second-order valence-electron chi connectivity index (χ2n) is 6.90. The molecular weight excluding hydrogens is 398 g/mol. The van der Waals surface area contributed by atoms with Crippen LogP contribution in [0.5, 0.6) is 0 Å². The Morgan fingerprint density at radius 3 is 2.50 bits per heavy atom. The molecule has 0 radical (unpaired) electrons. The molecule has 0 aliphatic heterocycles. The summed E-state index contributed by atoms with van der Waals surface area (Å²) in [5.74, 6) is -1.19. The summed E-state index contributed by atoms with van der Waals surface area (Å²) in [6.07, 6.45) is 0.916. The molecule has 0 atom stereocenters. The SMILES string of the molecule is CCCN(Cc1ccc(C(=O)NCCC(=O)O)cc1)c1nc(-c2ccccc2)cs1. The number of carbonyl (C=O) groups excluding carboxylic acids is 1. The van der Waals surface area contributed by atoms with Gasteiger partial charge in [-0.15, -0.1) is 11.3 Å². The van der Waals surface area contributed by atoms with Crippen molar-refractivity contribution in [1.29, 1.82) is 0 Å². The normalized spacial score (nSPS) is 10.6.